The lowest BCUT2D eigenvalue weighted by atomic mass is 9.84. The van der Waals surface area contributed by atoms with E-state index in [0.717, 1.165) is 5.82 Å². The van der Waals surface area contributed by atoms with Gasteiger partial charge in [0.25, 0.3) is 0 Å². The number of hydrogen-bond donors (Lipinski definition) is 2. The number of rotatable bonds is 5. The molecule has 23 heavy (non-hydrogen) atoms. The molecular weight excluding hydrogens is 295 g/mol. The minimum atomic E-state index is -0.367. The van der Waals surface area contributed by atoms with Gasteiger partial charge in [0.2, 0.25) is 0 Å². The molecule has 0 spiro atoms. The SMILES string of the molecule is CN=C(NCc1ncnn1C)NCC(C)(C)c1ccccc1F. The topological polar surface area (TPSA) is 67.1 Å². The van der Waals surface area contributed by atoms with Crippen molar-refractivity contribution in [3.63, 3.8) is 0 Å². The summed E-state index contributed by atoms with van der Waals surface area (Å²) in [5.41, 5.74) is 0.310. The normalized spacial score (nSPS) is 12.3. The van der Waals surface area contributed by atoms with Gasteiger partial charge in [0.1, 0.15) is 18.0 Å². The van der Waals surface area contributed by atoms with Crippen LogP contribution in [0.3, 0.4) is 0 Å². The van der Waals surface area contributed by atoms with Gasteiger partial charge in [0.15, 0.2) is 5.96 Å². The predicted molar refractivity (Wildman–Crippen MR) is 88.6 cm³/mol. The fourth-order valence-corrected chi connectivity index (χ4v) is 2.27. The van der Waals surface area contributed by atoms with Crippen molar-refractivity contribution in [3.05, 3.63) is 47.8 Å². The van der Waals surface area contributed by atoms with Crippen molar-refractivity contribution in [2.24, 2.45) is 12.0 Å². The van der Waals surface area contributed by atoms with E-state index in [2.05, 4.69) is 25.7 Å². The molecule has 0 unspecified atom stereocenters. The van der Waals surface area contributed by atoms with Crippen molar-refractivity contribution >= 4 is 5.96 Å². The van der Waals surface area contributed by atoms with Gasteiger partial charge in [-0.05, 0) is 11.6 Å². The highest BCUT2D eigenvalue weighted by atomic mass is 19.1. The number of hydrogen-bond acceptors (Lipinski definition) is 3. The van der Waals surface area contributed by atoms with Gasteiger partial charge in [0.05, 0.1) is 6.54 Å². The number of halogens is 1. The van der Waals surface area contributed by atoms with Crippen molar-refractivity contribution in [1.82, 2.24) is 25.4 Å². The number of aryl methyl sites for hydroxylation is 1. The Morgan fingerprint density at radius 1 is 1.30 bits per heavy atom. The Kier molecular flexibility index (Phi) is 5.31. The molecule has 124 valence electrons. The van der Waals surface area contributed by atoms with Crippen LogP contribution in [0.25, 0.3) is 0 Å². The van der Waals surface area contributed by atoms with Crippen LogP contribution < -0.4 is 10.6 Å². The quantitative estimate of drug-likeness (QED) is 0.649. The highest BCUT2D eigenvalue weighted by Crippen LogP contribution is 2.24. The molecule has 1 heterocycles. The van der Waals surface area contributed by atoms with Crippen molar-refractivity contribution in [2.45, 2.75) is 25.8 Å². The van der Waals surface area contributed by atoms with E-state index in [1.807, 2.05) is 33.0 Å². The van der Waals surface area contributed by atoms with E-state index < -0.39 is 0 Å². The molecule has 0 radical (unpaired) electrons. The van der Waals surface area contributed by atoms with Crippen LogP contribution in [0.15, 0.2) is 35.6 Å². The third kappa shape index (κ3) is 4.28. The van der Waals surface area contributed by atoms with Crippen molar-refractivity contribution < 1.29 is 4.39 Å². The Morgan fingerprint density at radius 3 is 2.65 bits per heavy atom. The van der Waals surface area contributed by atoms with E-state index in [1.165, 1.54) is 12.4 Å². The molecule has 0 atom stereocenters. The van der Waals surface area contributed by atoms with Crippen LogP contribution in [0.2, 0.25) is 0 Å². The van der Waals surface area contributed by atoms with Crippen LogP contribution in [0, 0.1) is 5.82 Å². The minimum Gasteiger partial charge on any atom is -0.356 e. The summed E-state index contributed by atoms with van der Waals surface area (Å²) in [4.78, 5) is 8.33. The molecule has 6 nitrogen and oxygen atoms in total. The molecule has 0 aliphatic carbocycles. The standard InChI is InChI=1S/C16H23FN6/c1-16(2,12-7-5-6-8-13(12)17)10-20-15(18-3)19-9-14-21-11-22-23(14)4/h5-8,11H,9-10H2,1-4H3,(H2,18,19,20). The second-order valence-electron chi connectivity index (χ2n) is 5.94. The van der Waals surface area contributed by atoms with E-state index >= 15 is 0 Å². The van der Waals surface area contributed by atoms with Crippen LogP contribution in [-0.2, 0) is 19.0 Å². The van der Waals surface area contributed by atoms with Crippen molar-refractivity contribution in [3.8, 4) is 0 Å². The van der Waals surface area contributed by atoms with Crippen LogP contribution in [-0.4, -0.2) is 34.3 Å². The van der Waals surface area contributed by atoms with Gasteiger partial charge in [-0.2, -0.15) is 5.10 Å². The second-order valence-corrected chi connectivity index (χ2v) is 5.94. The Labute approximate surface area is 135 Å². The summed E-state index contributed by atoms with van der Waals surface area (Å²) in [6.45, 7) is 5.05. The molecule has 0 amide bonds. The number of nitrogens with zero attached hydrogens (tertiary/aromatic N) is 4. The van der Waals surface area contributed by atoms with E-state index in [0.29, 0.717) is 24.6 Å². The monoisotopic (exact) mass is 318 g/mol. The molecule has 7 heteroatoms. The maximum atomic E-state index is 14.0. The van der Waals surface area contributed by atoms with Crippen LogP contribution >= 0.6 is 0 Å². The maximum Gasteiger partial charge on any atom is 0.191 e. The van der Waals surface area contributed by atoms with Gasteiger partial charge in [0, 0.05) is 26.1 Å². The van der Waals surface area contributed by atoms with E-state index in [-0.39, 0.29) is 11.2 Å². The first-order valence-corrected chi connectivity index (χ1v) is 7.46. The lowest BCUT2D eigenvalue weighted by Crippen LogP contribution is -2.43. The average Bonchev–Trinajstić information content (AvgIpc) is 2.93. The van der Waals surface area contributed by atoms with Gasteiger partial charge in [-0.1, -0.05) is 32.0 Å². The fourth-order valence-electron chi connectivity index (χ4n) is 2.27. The summed E-state index contributed by atoms with van der Waals surface area (Å²) < 4.78 is 15.7. The molecule has 2 N–H and O–H groups in total. The van der Waals surface area contributed by atoms with Crippen LogP contribution in [0.4, 0.5) is 4.39 Å². The molecule has 2 rings (SSSR count). The highest BCUT2D eigenvalue weighted by molar-refractivity contribution is 5.79. The lowest BCUT2D eigenvalue weighted by Gasteiger charge is -2.27. The first-order chi connectivity index (χ1) is 10.9. The minimum absolute atomic E-state index is 0.193. The average molecular weight is 318 g/mol. The molecule has 0 saturated heterocycles. The van der Waals surface area contributed by atoms with Crippen LogP contribution in [0.1, 0.15) is 25.2 Å². The van der Waals surface area contributed by atoms with Crippen LogP contribution in [0.5, 0.6) is 0 Å². The first-order valence-electron chi connectivity index (χ1n) is 7.46. The van der Waals surface area contributed by atoms with E-state index in [9.17, 15) is 4.39 Å². The van der Waals surface area contributed by atoms with Crippen molar-refractivity contribution in [2.75, 3.05) is 13.6 Å². The fraction of sp³-hybridized carbons (Fsp3) is 0.438. The van der Waals surface area contributed by atoms with Gasteiger partial charge >= 0.3 is 0 Å². The summed E-state index contributed by atoms with van der Waals surface area (Å²) in [5.74, 6) is 1.25. The predicted octanol–water partition coefficient (Wildman–Crippen LogP) is 1.60. The first kappa shape index (κ1) is 16.9. The van der Waals surface area contributed by atoms with Gasteiger partial charge in [-0.3, -0.25) is 9.67 Å². The molecule has 0 saturated carbocycles. The molecule has 0 fully saturated rings. The maximum absolute atomic E-state index is 14.0. The smallest absolute Gasteiger partial charge is 0.191 e. The zero-order chi connectivity index (χ0) is 16.9. The number of aromatic nitrogens is 3. The summed E-state index contributed by atoms with van der Waals surface area (Å²) in [6, 6.07) is 6.84. The summed E-state index contributed by atoms with van der Waals surface area (Å²) in [7, 11) is 3.53. The highest BCUT2D eigenvalue weighted by Gasteiger charge is 2.24. The Morgan fingerprint density at radius 2 is 2.04 bits per heavy atom. The summed E-state index contributed by atoms with van der Waals surface area (Å²) in [6.07, 6.45) is 1.51. The third-order valence-electron chi connectivity index (χ3n) is 3.74. The Balaban J connectivity index is 1.95. The van der Waals surface area contributed by atoms with E-state index in [4.69, 9.17) is 0 Å². The summed E-state index contributed by atoms with van der Waals surface area (Å²) >= 11 is 0. The van der Waals surface area contributed by atoms with Gasteiger partial charge in [-0.15, -0.1) is 0 Å². The Bertz CT molecular complexity index is 677. The number of benzene rings is 1. The van der Waals surface area contributed by atoms with E-state index in [1.54, 1.807) is 17.8 Å². The largest absolute Gasteiger partial charge is 0.356 e. The lowest BCUT2D eigenvalue weighted by molar-refractivity contribution is 0.472. The second kappa shape index (κ2) is 7.21. The zero-order valence-corrected chi connectivity index (χ0v) is 14.0. The molecular formula is C16H23FN6. The Hall–Kier alpha value is -2.44. The van der Waals surface area contributed by atoms with Gasteiger partial charge < -0.3 is 10.6 Å². The molecule has 0 bridgehead atoms. The number of guanidine groups is 1. The summed E-state index contributed by atoms with van der Waals surface area (Å²) in [5, 5.41) is 10.4. The molecule has 1 aromatic carbocycles. The molecule has 2 aromatic rings. The third-order valence-corrected chi connectivity index (χ3v) is 3.74. The molecule has 0 aliphatic heterocycles. The van der Waals surface area contributed by atoms with Crippen molar-refractivity contribution in [1.29, 1.82) is 0 Å². The zero-order valence-electron chi connectivity index (χ0n) is 14.0. The molecule has 0 aliphatic rings. The number of aliphatic imine (C=N–C) groups is 1. The number of nitrogens with one attached hydrogen (secondary N) is 2. The molecule has 1 aromatic heterocycles. The van der Waals surface area contributed by atoms with Gasteiger partial charge in [-0.25, -0.2) is 9.37 Å².